The molecule has 1 aliphatic heterocycles. The first-order valence-electron chi connectivity index (χ1n) is 6.45. The number of hydrogen-bond donors (Lipinski definition) is 2. The monoisotopic (exact) mass is 250 g/mol. The molecule has 1 aliphatic rings. The molecule has 1 unspecified atom stereocenters. The van der Waals surface area contributed by atoms with E-state index in [0.717, 1.165) is 19.7 Å². The Balaban J connectivity index is 2.21. The number of morpholine rings is 1. The lowest BCUT2D eigenvalue weighted by Crippen LogP contribution is -2.48. The molecule has 1 atom stereocenters. The Morgan fingerprint density at radius 1 is 1.50 bits per heavy atom. The van der Waals surface area contributed by atoms with Crippen LogP contribution in [0.4, 0.5) is 5.69 Å². The molecule has 1 fully saturated rings. The van der Waals surface area contributed by atoms with Crippen molar-refractivity contribution in [2.75, 3.05) is 38.3 Å². The van der Waals surface area contributed by atoms with Crippen molar-refractivity contribution in [3.63, 3.8) is 0 Å². The standard InChI is InChI=1S/C14H22N2O2/c1-11-7-12(8-15-2)3-4-14(11)16-5-6-18-10-13(16)9-17/h3-4,7,13,15,17H,5-6,8-10H2,1-2H3. The average Bonchev–Trinajstić information content (AvgIpc) is 2.39. The number of hydrogen-bond acceptors (Lipinski definition) is 4. The van der Waals surface area contributed by atoms with Crippen molar-refractivity contribution >= 4 is 5.69 Å². The third kappa shape index (κ3) is 2.83. The van der Waals surface area contributed by atoms with E-state index in [4.69, 9.17) is 4.74 Å². The van der Waals surface area contributed by atoms with E-state index in [2.05, 4.69) is 35.3 Å². The third-order valence-electron chi connectivity index (χ3n) is 3.39. The van der Waals surface area contributed by atoms with Gasteiger partial charge in [0.2, 0.25) is 0 Å². The molecule has 0 aliphatic carbocycles. The number of benzene rings is 1. The van der Waals surface area contributed by atoms with Gasteiger partial charge in [-0.1, -0.05) is 12.1 Å². The van der Waals surface area contributed by atoms with Crippen molar-refractivity contribution in [2.24, 2.45) is 0 Å². The van der Waals surface area contributed by atoms with E-state index in [1.54, 1.807) is 0 Å². The van der Waals surface area contributed by atoms with Crippen LogP contribution in [0.2, 0.25) is 0 Å². The lowest BCUT2D eigenvalue weighted by Gasteiger charge is -2.37. The van der Waals surface area contributed by atoms with E-state index >= 15 is 0 Å². The number of rotatable bonds is 4. The van der Waals surface area contributed by atoms with Crippen molar-refractivity contribution in [1.82, 2.24) is 5.32 Å². The topological polar surface area (TPSA) is 44.7 Å². The zero-order valence-corrected chi connectivity index (χ0v) is 11.1. The number of aliphatic hydroxyl groups excluding tert-OH is 1. The molecule has 0 bridgehead atoms. The molecule has 0 amide bonds. The molecule has 0 aromatic heterocycles. The van der Waals surface area contributed by atoms with E-state index in [9.17, 15) is 5.11 Å². The van der Waals surface area contributed by atoms with Gasteiger partial charge >= 0.3 is 0 Å². The van der Waals surface area contributed by atoms with Gasteiger partial charge in [0.1, 0.15) is 0 Å². The van der Waals surface area contributed by atoms with Crippen LogP contribution in [0.5, 0.6) is 0 Å². The largest absolute Gasteiger partial charge is 0.394 e. The fourth-order valence-electron chi connectivity index (χ4n) is 2.48. The van der Waals surface area contributed by atoms with Crippen molar-refractivity contribution in [3.8, 4) is 0 Å². The summed E-state index contributed by atoms with van der Waals surface area (Å²) in [7, 11) is 1.95. The van der Waals surface area contributed by atoms with Crippen molar-refractivity contribution < 1.29 is 9.84 Å². The molecule has 2 rings (SSSR count). The van der Waals surface area contributed by atoms with E-state index in [-0.39, 0.29) is 12.6 Å². The maximum absolute atomic E-state index is 9.42. The van der Waals surface area contributed by atoms with E-state index in [1.807, 2.05) is 7.05 Å². The number of aliphatic hydroxyl groups is 1. The van der Waals surface area contributed by atoms with Gasteiger partial charge in [-0.05, 0) is 31.2 Å². The summed E-state index contributed by atoms with van der Waals surface area (Å²) in [6.45, 7) is 5.32. The highest BCUT2D eigenvalue weighted by molar-refractivity contribution is 5.55. The number of nitrogens with zero attached hydrogens (tertiary/aromatic N) is 1. The van der Waals surface area contributed by atoms with Crippen molar-refractivity contribution in [2.45, 2.75) is 19.5 Å². The molecule has 18 heavy (non-hydrogen) atoms. The second-order valence-electron chi connectivity index (χ2n) is 4.76. The first-order chi connectivity index (χ1) is 8.76. The Labute approximate surface area is 109 Å². The lowest BCUT2D eigenvalue weighted by molar-refractivity contribution is 0.0726. The molecule has 4 heteroatoms. The summed E-state index contributed by atoms with van der Waals surface area (Å²) in [4.78, 5) is 2.25. The van der Waals surface area contributed by atoms with E-state index in [1.165, 1.54) is 16.8 Å². The minimum absolute atomic E-state index is 0.0765. The van der Waals surface area contributed by atoms with Gasteiger partial charge < -0.3 is 20.1 Å². The summed E-state index contributed by atoms with van der Waals surface area (Å²) in [5, 5.41) is 12.6. The molecular formula is C14H22N2O2. The Morgan fingerprint density at radius 2 is 2.33 bits per heavy atom. The van der Waals surface area contributed by atoms with Gasteiger partial charge in [0.05, 0.1) is 25.9 Å². The predicted molar refractivity (Wildman–Crippen MR) is 73.0 cm³/mol. The molecular weight excluding hydrogens is 228 g/mol. The third-order valence-corrected chi connectivity index (χ3v) is 3.39. The molecule has 4 nitrogen and oxygen atoms in total. The normalized spacial score (nSPS) is 20.2. The van der Waals surface area contributed by atoms with Gasteiger partial charge in [0.15, 0.2) is 0 Å². The van der Waals surface area contributed by atoms with Gasteiger partial charge in [0, 0.05) is 18.8 Å². The number of nitrogens with one attached hydrogen (secondary N) is 1. The van der Waals surface area contributed by atoms with Crippen LogP contribution in [0.1, 0.15) is 11.1 Å². The number of aryl methyl sites for hydroxylation is 1. The fourth-order valence-corrected chi connectivity index (χ4v) is 2.48. The molecule has 1 aromatic carbocycles. The summed E-state index contributed by atoms with van der Waals surface area (Å²) in [5.41, 5.74) is 3.74. The molecule has 1 saturated heterocycles. The average molecular weight is 250 g/mol. The van der Waals surface area contributed by atoms with E-state index < -0.39 is 0 Å². The van der Waals surface area contributed by atoms with Crippen LogP contribution in [0.15, 0.2) is 18.2 Å². The van der Waals surface area contributed by atoms with Gasteiger partial charge in [-0.3, -0.25) is 0 Å². The highest BCUT2D eigenvalue weighted by Crippen LogP contribution is 2.24. The minimum Gasteiger partial charge on any atom is -0.394 e. The molecule has 1 aromatic rings. The van der Waals surface area contributed by atoms with Crippen LogP contribution in [-0.2, 0) is 11.3 Å². The molecule has 100 valence electrons. The molecule has 1 heterocycles. The maximum atomic E-state index is 9.42. The zero-order valence-electron chi connectivity index (χ0n) is 11.1. The number of anilines is 1. The fraction of sp³-hybridized carbons (Fsp3) is 0.571. The minimum atomic E-state index is 0.0765. The van der Waals surface area contributed by atoms with Gasteiger partial charge in [-0.15, -0.1) is 0 Å². The highest BCUT2D eigenvalue weighted by Gasteiger charge is 2.23. The Kier molecular flexibility index (Phi) is 4.58. The lowest BCUT2D eigenvalue weighted by atomic mass is 10.1. The molecule has 0 saturated carbocycles. The second kappa shape index (κ2) is 6.18. The maximum Gasteiger partial charge on any atom is 0.0755 e. The quantitative estimate of drug-likeness (QED) is 0.834. The first-order valence-corrected chi connectivity index (χ1v) is 6.45. The van der Waals surface area contributed by atoms with Crippen LogP contribution in [0.25, 0.3) is 0 Å². The summed E-state index contributed by atoms with van der Waals surface area (Å²) in [6, 6.07) is 6.57. The molecule has 0 spiro atoms. The SMILES string of the molecule is CNCc1ccc(N2CCOCC2CO)c(C)c1. The highest BCUT2D eigenvalue weighted by atomic mass is 16.5. The summed E-state index contributed by atoms with van der Waals surface area (Å²) in [5.74, 6) is 0. The van der Waals surface area contributed by atoms with Crippen molar-refractivity contribution in [3.05, 3.63) is 29.3 Å². The van der Waals surface area contributed by atoms with Gasteiger partial charge in [-0.25, -0.2) is 0 Å². The smallest absolute Gasteiger partial charge is 0.0755 e. The van der Waals surface area contributed by atoms with Gasteiger partial charge in [-0.2, -0.15) is 0 Å². The molecule has 0 radical (unpaired) electrons. The van der Waals surface area contributed by atoms with Crippen LogP contribution >= 0.6 is 0 Å². The number of ether oxygens (including phenoxy) is 1. The van der Waals surface area contributed by atoms with Crippen molar-refractivity contribution in [1.29, 1.82) is 0 Å². The van der Waals surface area contributed by atoms with E-state index in [0.29, 0.717) is 6.61 Å². The molecule has 2 N–H and O–H groups in total. The summed E-state index contributed by atoms with van der Waals surface area (Å²) < 4.78 is 5.42. The second-order valence-corrected chi connectivity index (χ2v) is 4.76. The van der Waals surface area contributed by atoms with Crippen LogP contribution < -0.4 is 10.2 Å². The van der Waals surface area contributed by atoms with Crippen LogP contribution in [0, 0.1) is 6.92 Å². The summed E-state index contributed by atoms with van der Waals surface area (Å²) >= 11 is 0. The first kappa shape index (κ1) is 13.3. The predicted octanol–water partition coefficient (Wildman–Crippen LogP) is 0.912. The zero-order chi connectivity index (χ0) is 13.0. The van der Waals surface area contributed by atoms with Crippen LogP contribution in [0.3, 0.4) is 0 Å². The summed E-state index contributed by atoms with van der Waals surface area (Å²) in [6.07, 6.45) is 0. The van der Waals surface area contributed by atoms with Crippen LogP contribution in [-0.4, -0.2) is 44.6 Å². The van der Waals surface area contributed by atoms with Gasteiger partial charge in [0.25, 0.3) is 0 Å². The Bertz CT molecular complexity index is 395. The Hall–Kier alpha value is -1.10. The Morgan fingerprint density at radius 3 is 3.00 bits per heavy atom.